The number of ether oxygens (including phenoxy) is 2. The van der Waals surface area contributed by atoms with Crippen LogP contribution >= 0.6 is 15.9 Å². The molecule has 0 aromatic heterocycles. The highest BCUT2D eigenvalue weighted by Gasteiger charge is 2.08. The molecule has 0 amide bonds. The molecule has 2 aromatic carbocycles. The monoisotopic (exact) mass is 344 g/mol. The van der Waals surface area contributed by atoms with Crippen molar-refractivity contribution in [3.05, 3.63) is 58.1 Å². The molecule has 0 aliphatic heterocycles. The Labute approximate surface area is 132 Å². The molecule has 2 rings (SSSR count). The van der Waals surface area contributed by atoms with Crippen molar-refractivity contribution in [2.24, 2.45) is 0 Å². The maximum atomic E-state index is 12.0. The molecular formula is C17H13BrO3. The molecule has 0 N–H and O–H groups in total. The van der Waals surface area contributed by atoms with E-state index in [-0.39, 0.29) is 5.78 Å². The molecule has 0 aliphatic carbocycles. The maximum absolute atomic E-state index is 12.0. The Morgan fingerprint density at radius 2 is 1.71 bits per heavy atom. The zero-order valence-corrected chi connectivity index (χ0v) is 13.2. The maximum Gasteiger partial charge on any atom is 0.236 e. The molecule has 3 nitrogen and oxygen atoms in total. The summed E-state index contributed by atoms with van der Waals surface area (Å²) in [6.45, 7) is 0. The largest absolute Gasteiger partial charge is 0.496 e. The second-order valence-electron chi connectivity index (χ2n) is 4.13. The van der Waals surface area contributed by atoms with E-state index in [0.29, 0.717) is 22.6 Å². The van der Waals surface area contributed by atoms with Crippen molar-refractivity contribution in [1.29, 1.82) is 0 Å². The van der Waals surface area contributed by atoms with Crippen LogP contribution in [0.1, 0.15) is 15.9 Å². The van der Waals surface area contributed by atoms with E-state index in [0.717, 1.165) is 4.47 Å². The third-order valence-electron chi connectivity index (χ3n) is 2.82. The van der Waals surface area contributed by atoms with Crippen molar-refractivity contribution >= 4 is 21.7 Å². The number of carbonyl (C=O) groups excluding carboxylic acids is 1. The number of ketones is 1. The molecule has 4 heteroatoms. The van der Waals surface area contributed by atoms with Crippen LogP contribution in [0.4, 0.5) is 0 Å². The van der Waals surface area contributed by atoms with Gasteiger partial charge < -0.3 is 9.47 Å². The first-order chi connectivity index (χ1) is 10.2. The van der Waals surface area contributed by atoms with E-state index in [1.165, 1.54) is 0 Å². The predicted octanol–water partition coefficient (Wildman–Crippen LogP) is 3.70. The van der Waals surface area contributed by atoms with Crippen LogP contribution in [0.3, 0.4) is 0 Å². The van der Waals surface area contributed by atoms with Crippen molar-refractivity contribution in [2.45, 2.75) is 0 Å². The molecule has 106 valence electrons. The number of halogens is 1. The topological polar surface area (TPSA) is 35.5 Å². The average Bonchev–Trinajstić information content (AvgIpc) is 2.53. The van der Waals surface area contributed by atoms with Gasteiger partial charge >= 0.3 is 0 Å². The first-order valence-electron chi connectivity index (χ1n) is 6.18. The SMILES string of the molecule is COc1cc(C#CC(=O)c2ccccc2)c(OC)cc1Br. The zero-order valence-electron chi connectivity index (χ0n) is 11.6. The Balaban J connectivity index is 2.36. The van der Waals surface area contributed by atoms with E-state index in [1.807, 2.05) is 6.07 Å². The summed E-state index contributed by atoms with van der Waals surface area (Å²) in [5, 5.41) is 0. The molecule has 0 radical (unpaired) electrons. The third-order valence-corrected chi connectivity index (χ3v) is 3.44. The van der Waals surface area contributed by atoms with Gasteiger partial charge in [0.15, 0.2) is 0 Å². The Morgan fingerprint density at radius 1 is 1.05 bits per heavy atom. The number of Topliss-reactive ketones (excluding diaryl/α,β-unsaturated/α-hetero) is 1. The quantitative estimate of drug-likeness (QED) is 0.629. The molecule has 21 heavy (non-hydrogen) atoms. The van der Waals surface area contributed by atoms with Crippen LogP contribution in [0.25, 0.3) is 0 Å². The fourth-order valence-corrected chi connectivity index (χ4v) is 2.23. The predicted molar refractivity (Wildman–Crippen MR) is 84.9 cm³/mol. The zero-order chi connectivity index (χ0) is 15.2. The summed E-state index contributed by atoms with van der Waals surface area (Å²) in [6.07, 6.45) is 0. The Kier molecular flexibility index (Phi) is 5.02. The number of rotatable bonds is 3. The van der Waals surface area contributed by atoms with E-state index in [4.69, 9.17) is 9.47 Å². The van der Waals surface area contributed by atoms with Gasteiger partial charge in [0.05, 0.1) is 24.3 Å². The lowest BCUT2D eigenvalue weighted by atomic mass is 10.1. The number of methoxy groups -OCH3 is 2. The molecule has 2 aromatic rings. The summed E-state index contributed by atoms with van der Waals surface area (Å²) >= 11 is 3.38. The lowest BCUT2D eigenvalue weighted by Gasteiger charge is -2.08. The average molecular weight is 345 g/mol. The standard InChI is InChI=1S/C17H13BrO3/c1-20-16-11-14(18)17(21-2)10-13(16)8-9-15(19)12-6-4-3-5-7-12/h3-7,10-11H,1-2H3. The van der Waals surface area contributed by atoms with E-state index in [9.17, 15) is 4.79 Å². The van der Waals surface area contributed by atoms with Gasteiger partial charge in [-0.05, 0) is 27.9 Å². The minimum Gasteiger partial charge on any atom is -0.496 e. The van der Waals surface area contributed by atoms with Crippen LogP contribution in [0.2, 0.25) is 0 Å². The smallest absolute Gasteiger partial charge is 0.236 e. The summed E-state index contributed by atoms with van der Waals surface area (Å²) in [6, 6.07) is 12.4. The van der Waals surface area contributed by atoms with Crippen LogP contribution in [-0.4, -0.2) is 20.0 Å². The van der Waals surface area contributed by atoms with Crippen LogP contribution in [-0.2, 0) is 0 Å². The molecule has 0 unspecified atom stereocenters. The molecule has 0 bridgehead atoms. The van der Waals surface area contributed by atoms with E-state index in [1.54, 1.807) is 50.6 Å². The lowest BCUT2D eigenvalue weighted by molar-refractivity contribution is 0.105. The fraction of sp³-hybridized carbons (Fsp3) is 0.118. The molecule has 0 saturated heterocycles. The van der Waals surface area contributed by atoms with Gasteiger partial charge in [0.1, 0.15) is 11.5 Å². The van der Waals surface area contributed by atoms with E-state index >= 15 is 0 Å². The van der Waals surface area contributed by atoms with E-state index < -0.39 is 0 Å². The van der Waals surface area contributed by atoms with Crippen LogP contribution < -0.4 is 9.47 Å². The summed E-state index contributed by atoms with van der Waals surface area (Å²) in [5.74, 6) is 6.43. The minimum absolute atomic E-state index is 0.237. The minimum atomic E-state index is -0.237. The van der Waals surface area contributed by atoms with Crippen molar-refractivity contribution < 1.29 is 14.3 Å². The number of benzene rings is 2. The molecule has 0 heterocycles. The molecular weight excluding hydrogens is 332 g/mol. The molecule has 0 saturated carbocycles. The van der Waals surface area contributed by atoms with Gasteiger partial charge in [-0.15, -0.1) is 0 Å². The normalized spacial score (nSPS) is 9.48. The highest BCUT2D eigenvalue weighted by atomic mass is 79.9. The second-order valence-corrected chi connectivity index (χ2v) is 4.99. The van der Waals surface area contributed by atoms with Crippen molar-refractivity contribution in [2.75, 3.05) is 14.2 Å². The van der Waals surface area contributed by atoms with Gasteiger partial charge in [0, 0.05) is 11.6 Å². The van der Waals surface area contributed by atoms with Crippen molar-refractivity contribution in [3.63, 3.8) is 0 Å². The summed E-state index contributed by atoms with van der Waals surface area (Å²) in [4.78, 5) is 12.0. The molecule has 0 fully saturated rings. The highest BCUT2D eigenvalue weighted by Crippen LogP contribution is 2.32. The number of carbonyl (C=O) groups is 1. The fourth-order valence-electron chi connectivity index (χ4n) is 1.74. The highest BCUT2D eigenvalue weighted by molar-refractivity contribution is 9.10. The number of hydrogen-bond donors (Lipinski definition) is 0. The second kappa shape index (κ2) is 6.96. The first kappa shape index (κ1) is 15.1. The van der Waals surface area contributed by atoms with Crippen molar-refractivity contribution in [1.82, 2.24) is 0 Å². The van der Waals surface area contributed by atoms with E-state index in [2.05, 4.69) is 27.8 Å². The van der Waals surface area contributed by atoms with Crippen LogP contribution in [0.15, 0.2) is 46.9 Å². The van der Waals surface area contributed by atoms with Gasteiger partial charge in [0.2, 0.25) is 5.78 Å². The Morgan fingerprint density at radius 3 is 2.33 bits per heavy atom. The van der Waals surface area contributed by atoms with Crippen molar-refractivity contribution in [3.8, 4) is 23.3 Å². The molecule has 0 spiro atoms. The number of hydrogen-bond acceptors (Lipinski definition) is 3. The summed E-state index contributed by atoms with van der Waals surface area (Å²) < 4.78 is 11.3. The molecule has 0 aliphatic rings. The van der Waals surface area contributed by atoms with Crippen LogP contribution in [0, 0.1) is 11.8 Å². The first-order valence-corrected chi connectivity index (χ1v) is 6.98. The van der Waals surface area contributed by atoms with Gasteiger partial charge in [-0.3, -0.25) is 4.79 Å². The van der Waals surface area contributed by atoms with Gasteiger partial charge in [0.25, 0.3) is 0 Å². The van der Waals surface area contributed by atoms with Gasteiger partial charge in [-0.1, -0.05) is 36.3 Å². The summed E-state index contributed by atoms with van der Waals surface area (Å²) in [5.41, 5.74) is 1.16. The lowest BCUT2D eigenvalue weighted by Crippen LogP contribution is -1.95. The summed E-state index contributed by atoms with van der Waals surface area (Å²) in [7, 11) is 3.12. The van der Waals surface area contributed by atoms with Gasteiger partial charge in [-0.2, -0.15) is 0 Å². The Bertz CT molecular complexity index is 712. The Hall–Kier alpha value is -2.25. The van der Waals surface area contributed by atoms with Crippen LogP contribution in [0.5, 0.6) is 11.5 Å². The molecule has 0 atom stereocenters. The third kappa shape index (κ3) is 3.65. The van der Waals surface area contributed by atoms with Gasteiger partial charge in [-0.25, -0.2) is 0 Å².